The summed E-state index contributed by atoms with van der Waals surface area (Å²) in [7, 11) is 1.56. The van der Waals surface area contributed by atoms with E-state index in [1.54, 1.807) is 19.2 Å². The predicted molar refractivity (Wildman–Crippen MR) is 98.5 cm³/mol. The Kier molecular flexibility index (Phi) is 5.26. The number of nitrogens with zero attached hydrogens (tertiary/aromatic N) is 1. The van der Waals surface area contributed by atoms with Gasteiger partial charge >= 0.3 is 0 Å². The summed E-state index contributed by atoms with van der Waals surface area (Å²) in [5, 5.41) is 3.66. The van der Waals surface area contributed by atoms with Gasteiger partial charge < -0.3 is 15.0 Å². The van der Waals surface area contributed by atoms with Crippen molar-refractivity contribution in [2.24, 2.45) is 0 Å². The lowest BCUT2D eigenvalue weighted by Crippen LogP contribution is -2.30. The first-order valence-electron chi connectivity index (χ1n) is 8.18. The molecule has 0 unspecified atom stereocenters. The number of carbonyl (C=O) groups excluding carboxylic acids is 1. The molecule has 4 nitrogen and oxygen atoms in total. The topological polar surface area (TPSA) is 41.6 Å². The van der Waals surface area contributed by atoms with Crippen LogP contribution in [0.3, 0.4) is 0 Å². The van der Waals surface area contributed by atoms with Crippen molar-refractivity contribution in [3.8, 4) is 5.75 Å². The fourth-order valence-electron chi connectivity index (χ4n) is 3.08. The number of para-hydroxylation sites is 2. The van der Waals surface area contributed by atoms with E-state index in [-0.39, 0.29) is 5.91 Å². The van der Waals surface area contributed by atoms with Gasteiger partial charge in [0.15, 0.2) is 0 Å². The molecule has 1 fully saturated rings. The Morgan fingerprint density at radius 2 is 1.83 bits per heavy atom. The van der Waals surface area contributed by atoms with E-state index in [2.05, 4.69) is 10.2 Å². The van der Waals surface area contributed by atoms with Gasteiger partial charge in [-0.25, -0.2) is 0 Å². The molecule has 1 saturated heterocycles. The van der Waals surface area contributed by atoms with Crippen molar-refractivity contribution in [1.82, 2.24) is 0 Å². The highest BCUT2D eigenvalue weighted by Gasteiger charge is 2.20. The molecule has 0 aliphatic carbocycles. The van der Waals surface area contributed by atoms with Gasteiger partial charge in [0.25, 0.3) is 5.91 Å². The van der Waals surface area contributed by atoms with Crippen LogP contribution in [0.5, 0.6) is 5.75 Å². The van der Waals surface area contributed by atoms with E-state index in [1.165, 1.54) is 6.42 Å². The minimum absolute atomic E-state index is 0.201. The summed E-state index contributed by atoms with van der Waals surface area (Å²) >= 11 is 6.43. The second-order valence-corrected chi connectivity index (χ2v) is 6.25. The molecular formula is C19H21ClN2O2. The van der Waals surface area contributed by atoms with E-state index < -0.39 is 0 Å². The molecule has 2 aromatic carbocycles. The number of piperidine rings is 1. The van der Waals surface area contributed by atoms with Gasteiger partial charge in [-0.1, -0.05) is 29.8 Å². The average Bonchev–Trinajstić information content (AvgIpc) is 2.62. The SMILES string of the molecule is COc1ccccc1C(=O)Nc1cccc(Cl)c1N1CCCCC1. The maximum absolute atomic E-state index is 12.7. The zero-order chi connectivity index (χ0) is 16.9. The van der Waals surface area contributed by atoms with Gasteiger partial charge in [0.05, 0.1) is 29.1 Å². The molecule has 0 radical (unpaired) electrons. The molecule has 1 heterocycles. The van der Waals surface area contributed by atoms with Crippen LogP contribution < -0.4 is 15.0 Å². The number of amides is 1. The van der Waals surface area contributed by atoms with E-state index in [0.717, 1.165) is 37.3 Å². The van der Waals surface area contributed by atoms with Crippen LogP contribution in [0.2, 0.25) is 5.02 Å². The quantitative estimate of drug-likeness (QED) is 0.881. The van der Waals surface area contributed by atoms with Gasteiger partial charge in [-0.2, -0.15) is 0 Å². The van der Waals surface area contributed by atoms with Crippen LogP contribution in [0.4, 0.5) is 11.4 Å². The summed E-state index contributed by atoms with van der Waals surface area (Å²) in [6, 6.07) is 12.8. The Morgan fingerprint density at radius 3 is 2.58 bits per heavy atom. The van der Waals surface area contributed by atoms with Crippen LogP contribution in [-0.4, -0.2) is 26.1 Å². The highest BCUT2D eigenvalue weighted by molar-refractivity contribution is 6.34. The Hall–Kier alpha value is -2.20. The highest BCUT2D eigenvalue weighted by Crippen LogP contribution is 2.36. The summed E-state index contributed by atoms with van der Waals surface area (Å²) in [5.74, 6) is 0.351. The second-order valence-electron chi connectivity index (χ2n) is 5.84. The summed E-state index contributed by atoms with van der Waals surface area (Å²) in [6.45, 7) is 1.92. The molecule has 1 aliphatic rings. The molecule has 3 rings (SSSR count). The van der Waals surface area contributed by atoms with Crippen molar-refractivity contribution < 1.29 is 9.53 Å². The van der Waals surface area contributed by atoms with Gasteiger partial charge in [0, 0.05) is 13.1 Å². The Bertz CT molecular complexity index is 727. The van der Waals surface area contributed by atoms with Crippen molar-refractivity contribution in [1.29, 1.82) is 0 Å². The molecule has 0 atom stereocenters. The number of hydrogen-bond donors (Lipinski definition) is 1. The molecule has 1 amide bonds. The smallest absolute Gasteiger partial charge is 0.259 e. The number of halogens is 1. The first kappa shape index (κ1) is 16.7. The Balaban J connectivity index is 1.89. The van der Waals surface area contributed by atoms with E-state index in [1.807, 2.05) is 30.3 Å². The van der Waals surface area contributed by atoms with E-state index >= 15 is 0 Å². The fourth-order valence-corrected chi connectivity index (χ4v) is 3.37. The maximum atomic E-state index is 12.7. The molecule has 126 valence electrons. The van der Waals surface area contributed by atoms with Crippen molar-refractivity contribution >= 4 is 28.9 Å². The predicted octanol–water partition coefficient (Wildman–Crippen LogP) is 4.59. The summed E-state index contributed by atoms with van der Waals surface area (Å²) in [4.78, 5) is 14.9. The van der Waals surface area contributed by atoms with Gasteiger partial charge in [0.2, 0.25) is 0 Å². The third-order valence-electron chi connectivity index (χ3n) is 4.26. The van der Waals surface area contributed by atoms with Crippen molar-refractivity contribution in [2.45, 2.75) is 19.3 Å². The summed E-state index contributed by atoms with van der Waals surface area (Å²) in [5.41, 5.74) is 2.15. The lowest BCUT2D eigenvalue weighted by Gasteiger charge is -2.31. The standard InChI is InChI=1S/C19H21ClN2O2/c1-24-17-11-4-3-8-14(17)19(23)21-16-10-7-9-15(20)18(16)22-12-5-2-6-13-22/h3-4,7-11H,2,5-6,12-13H2,1H3,(H,21,23). The number of benzene rings is 2. The lowest BCUT2D eigenvalue weighted by molar-refractivity contribution is 0.102. The van der Waals surface area contributed by atoms with Crippen molar-refractivity contribution in [3.63, 3.8) is 0 Å². The van der Waals surface area contributed by atoms with Crippen molar-refractivity contribution in [2.75, 3.05) is 30.4 Å². The minimum atomic E-state index is -0.201. The minimum Gasteiger partial charge on any atom is -0.496 e. The van der Waals surface area contributed by atoms with Crippen LogP contribution in [0.1, 0.15) is 29.6 Å². The third-order valence-corrected chi connectivity index (χ3v) is 4.56. The van der Waals surface area contributed by atoms with Crippen LogP contribution >= 0.6 is 11.6 Å². The van der Waals surface area contributed by atoms with Gasteiger partial charge in [-0.3, -0.25) is 4.79 Å². The maximum Gasteiger partial charge on any atom is 0.259 e. The number of carbonyl (C=O) groups is 1. The number of anilines is 2. The zero-order valence-electron chi connectivity index (χ0n) is 13.7. The normalized spacial score (nSPS) is 14.3. The van der Waals surface area contributed by atoms with Crippen LogP contribution in [0.15, 0.2) is 42.5 Å². The van der Waals surface area contributed by atoms with E-state index in [0.29, 0.717) is 16.3 Å². The third kappa shape index (κ3) is 3.49. The molecule has 5 heteroatoms. The summed E-state index contributed by atoms with van der Waals surface area (Å²) in [6.07, 6.45) is 3.53. The monoisotopic (exact) mass is 344 g/mol. The lowest BCUT2D eigenvalue weighted by atomic mass is 10.1. The second kappa shape index (κ2) is 7.58. The molecule has 0 saturated carbocycles. The van der Waals surface area contributed by atoms with Gasteiger partial charge in [0.1, 0.15) is 5.75 Å². The highest BCUT2D eigenvalue weighted by atomic mass is 35.5. The number of nitrogens with one attached hydrogen (secondary N) is 1. The molecule has 1 N–H and O–H groups in total. The van der Waals surface area contributed by atoms with Gasteiger partial charge in [-0.05, 0) is 43.5 Å². The van der Waals surface area contributed by atoms with Crippen molar-refractivity contribution in [3.05, 3.63) is 53.1 Å². The number of ether oxygens (including phenoxy) is 1. The largest absolute Gasteiger partial charge is 0.496 e. The molecule has 0 bridgehead atoms. The summed E-state index contributed by atoms with van der Waals surface area (Å²) < 4.78 is 5.28. The van der Waals surface area contributed by atoms with E-state index in [4.69, 9.17) is 16.3 Å². The molecule has 0 spiro atoms. The number of hydrogen-bond acceptors (Lipinski definition) is 3. The van der Waals surface area contributed by atoms with Gasteiger partial charge in [-0.15, -0.1) is 0 Å². The molecule has 2 aromatic rings. The average molecular weight is 345 g/mol. The molecule has 1 aliphatic heterocycles. The molecule has 24 heavy (non-hydrogen) atoms. The zero-order valence-corrected chi connectivity index (χ0v) is 14.5. The first-order valence-corrected chi connectivity index (χ1v) is 8.56. The Labute approximate surface area is 147 Å². The number of methoxy groups -OCH3 is 1. The molecular weight excluding hydrogens is 324 g/mol. The number of rotatable bonds is 4. The van der Waals surface area contributed by atoms with Crippen LogP contribution in [0.25, 0.3) is 0 Å². The van der Waals surface area contributed by atoms with E-state index in [9.17, 15) is 4.79 Å². The first-order chi connectivity index (χ1) is 11.7. The van der Waals surface area contributed by atoms with Crippen LogP contribution in [0, 0.1) is 0 Å². The molecule has 0 aromatic heterocycles. The fraction of sp³-hybridized carbons (Fsp3) is 0.316. The van der Waals surface area contributed by atoms with Crippen LogP contribution in [-0.2, 0) is 0 Å². The Morgan fingerprint density at radius 1 is 1.08 bits per heavy atom.